The molecule has 2 N–H and O–H groups in total. The molecule has 0 aliphatic carbocycles. The van der Waals surface area contributed by atoms with E-state index >= 15 is 0 Å². The molecule has 1 amide bonds. The van der Waals surface area contributed by atoms with E-state index in [1.807, 2.05) is 45.0 Å². The van der Waals surface area contributed by atoms with Crippen LogP contribution in [0.5, 0.6) is 5.75 Å². The SMILES string of the molecule is COc1cccc(C2(C(N)=O)CCN(OC(=O)C(C)(C)C)CC2)c1. The summed E-state index contributed by atoms with van der Waals surface area (Å²) in [5.41, 5.74) is 5.25. The normalized spacial score (nSPS) is 18.0. The Balaban J connectivity index is 2.15. The van der Waals surface area contributed by atoms with E-state index in [9.17, 15) is 9.59 Å². The van der Waals surface area contributed by atoms with E-state index in [4.69, 9.17) is 15.3 Å². The zero-order valence-electron chi connectivity index (χ0n) is 14.8. The van der Waals surface area contributed by atoms with Gasteiger partial charge in [0.2, 0.25) is 5.91 Å². The first-order valence-corrected chi connectivity index (χ1v) is 8.11. The highest BCUT2D eigenvalue weighted by molar-refractivity contribution is 5.87. The van der Waals surface area contributed by atoms with Crippen LogP contribution in [-0.2, 0) is 19.8 Å². The number of hydrogen-bond acceptors (Lipinski definition) is 5. The minimum absolute atomic E-state index is 0.282. The fourth-order valence-corrected chi connectivity index (χ4v) is 2.81. The molecule has 1 aliphatic rings. The van der Waals surface area contributed by atoms with E-state index < -0.39 is 10.8 Å². The van der Waals surface area contributed by atoms with Crippen molar-refractivity contribution in [1.82, 2.24) is 5.06 Å². The number of methoxy groups -OCH3 is 1. The van der Waals surface area contributed by atoms with Crippen LogP contribution in [0.4, 0.5) is 0 Å². The highest BCUT2D eigenvalue weighted by Crippen LogP contribution is 2.37. The molecule has 0 unspecified atom stereocenters. The topological polar surface area (TPSA) is 81.9 Å². The molecule has 1 aromatic carbocycles. The lowest BCUT2D eigenvalue weighted by Gasteiger charge is -2.39. The summed E-state index contributed by atoms with van der Waals surface area (Å²) in [5, 5.41) is 1.62. The van der Waals surface area contributed by atoms with Crippen molar-refractivity contribution >= 4 is 11.9 Å². The average molecular weight is 334 g/mol. The van der Waals surface area contributed by atoms with E-state index in [-0.39, 0.29) is 11.9 Å². The number of nitrogens with two attached hydrogens (primary N) is 1. The smallest absolute Gasteiger partial charge is 0.330 e. The summed E-state index contributed by atoms with van der Waals surface area (Å²) in [5.74, 6) is 0.0442. The van der Waals surface area contributed by atoms with Crippen molar-refractivity contribution in [2.75, 3.05) is 20.2 Å². The molecule has 0 bridgehead atoms. The van der Waals surface area contributed by atoms with Crippen molar-refractivity contribution in [3.63, 3.8) is 0 Å². The number of amides is 1. The molecule has 0 atom stereocenters. The van der Waals surface area contributed by atoms with Crippen LogP contribution in [0.1, 0.15) is 39.2 Å². The molecule has 1 heterocycles. The summed E-state index contributed by atoms with van der Waals surface area (Å²) in [4.78, 5) is 29.7. The van der Waals surface area contributed by atoms with Crippen molar-refractivity contribution in [2.24, 2.45) is 11.1 Å². The van der Waals surface area contributed by atoms with Crippen LogP contribution >= 0.6 is 0 Å². The van der Waals surface area contributed by atoms with Gasteiger partial charge in [0.15, 0.2) is 0 Å². The summed E-state index contributed by atoms with van der Waals surface area (Å²) in [6.07, 6.45) is 0.986. The Kier molecular flexibility index (Phi) is 5.18. The van der Waals surface area contributed by atoms with Crippen LogP contribution < -0.4 is 10.5 Å². The largest absolute Gasteiger partial charge is 0.497 e. The van der Waals surface area contributed by atoms with Gasteiger partial charge >= 0.3 is 5.97 Å². The van der Waals surface area contributed by atoms with Gasteiger partial charge in [-0.3, -0.25) is 4.79 Å². The highest BCUT2D eigenvalue weighted by Gasteiger charge is 2.43. The standard InChI is InChI=1S/C18H26N2O4/c1-17(2,3)16(22)24-20-10-8-18(9-11-20,15(19)21)13-6-5-7-14(12-13)23-4/h5-7,12H,8-11H2,1-4H3,(H2,19,21). The zero-order chi connectivity index (χ0) is 18.0. The Labute approximate surface area is 142 Å². The Morgan fingerprint density at radius 2 is 1.83 bits per heavy atom. The van der Waals surface area contributed by atoms with Gasteiger partial charge in [-0.25, -0.2) is 4.79 Å². The lowest BCUT2D eigenvalue weighted by atomic mass is 9.72. The van der Waals surface area contributed by atoms with Crippen molar-refractivity contribution in [1.29, 1.82) is 0 Å². The number of carbonyl (C=O) groups excluding carboxylic acids is 2. The van der Waals surface area contributed by atoms with E-state index in [0.29, 0.717) is 31.7 Å². The second-order valence-corrected chi connectivity index (χ2v) is 7.24. The minimum atomic E-state index is -0.765. The number of benzene rings is 1. The van der Waals surface area contributed by atoms with Crippen molar-refractivity contribution < 1.29 is 19.2 Å². The quantitative estimate of drug-likeness (QED) is 0.911. The summed E-state index contributed by atoms with van der Waals surface area (Å²) >= 11 is 0. The third-order valence-corrected chi connectivity index (χ3v) is 4.49. The third kappa shape index (κ3) is 3.70. The molecular weight excluding hydrogens is 308 g/mol. The minimum Gasteiger partial charge on any atom is -0.497 e. The zero-order valence-corrected chi connectivity index (χ0v) is 14.8. The van der Waals surface area contributed by atoms with E-state index in [1.54, 1.807) is 12.2 Å². The molecule has 0 saturated carbocycles. The number of primary amides is 1. The first-order chi connectivity index (χ1) is 11.2. The van der Waals surface area contributed by atoms with Gasteiger partial charge in [-0.1, -0.05) is 12.1 Å². The molecule has 0 spiro atoms. The van der Waals surface area contributed by atoms with Crippen LogP contribution in [0.15, 0.2) is 24.3 Å². The maximum absolute atomic E-state index is 12.2. The van der Waals surface area contributed by atoms with Gasteiger partial charge in [-0.15, -0.1) is 5.06 Å². The molecule has 6 heteroatoms. The molecule has 6 nitrogen and oxygen atoms in total. The number of ether oxygens (including phenoxy) is 1. The first kappa shape index (κ1) is 18.3. The number of piperidine rings is 1. The molecule has 1 fully saturated rings. The van der Waals surface area contributed by atoms with Crippen molar-refractivity contribution in [3.05, 3.63) is 29.8 Å². The molecule has 1 aromatic rings. The second-order valence-electron chi connectivity index (χ2n) is 7.24. The summed E-state index contributed by atoms with van der Waals surface area (Å²) in [6.45, 7) is 6.35. The van der Waals surface area contributed by atoms with Gasteiger partial charge in [-0.05, 0) is 51.3 Å². The number of carbonyl (C=O) groups is 2. The van der Waals surface area contributed by atoms with Crippen LogP contribution in [-0.4, -0.2) is 37.1 Å². The van der Waals surface area contributed by atoms with E-state index in [0.717, 1.165) is 5.56 Å². The van der Waals surface area contributed by atoms with Crippen molar-refractivity contribution in [2.45, 2.75) is 39.0 Å². The van der Waals surface area contributed by atoms with Crippen molar-refractivity contribution in [3.8, 4) is 5.75 Å². The molecule has 1 saturated heterocycles. The van der Waals surface area contributed by atoms with Gasteiger partial charge in [-0.2, -0.15) is 0 Å². The van der Waals surface area contributed by atoms with Gasteiger partial charge < -0.3 is 15.3 Å². The first-order valence-electron chi connectivity index (χ1n) is 8.11. The Bertz CT molecular complexity index is 614. The molecule has 1 aliphatic heterocycles. The summed E-state index contributed by atoms with van der Waals surface area (Å²) in [7, 11) is 1.59. The number of hydrogen-bond donors (Lipinski definition) is 1. The molecule has 24 heavy (non-hydrogen) atoms. The molecule has 132 valence electrons. The van der Waals surface area contributed by atoms with E-state index in [2.05, 4.69) is 0 Å². The van der Waals surface area contributed by atoms with Gasteiger partial charge in [0.05, 0.1) is 17.9 Å². The fraction of sp³-hybridized carbons (Fsp3) is 0.556. The predicted molar refractivity (Wildman–Crippen MR) is 90.2 cm³/mol. The van der Waals surface area contributed by atoms with Crippen LogP contribution in [0.3, 0.4) is 0 Å². The summed E-state index contributed by atoms with van der Waals surface area (Å²) < 4.78 is 5.25. The lowest BCUT2D eigenvalue weighted by Crippen LogP contribution is -2.51. The predicted octanol–water partition coefficient (Wildman–Crippen LogP) is 2.02. The number of hydroxylamine groups is 2. The van der Waals surface area contributed by atoms with Crippen LogP contribution in [0.25, 0.3) is 0 Å². The third-order valence-electron chi connectivity index (χ3n) is 4.49. The van der Waals surface area contributed by atoms with Gasteiger partial charge in [0.1, 0.15) is 5.75 Å². The van der Waals surface area contributed by atoms with E-state index in [1.165, 1.54) is 0 Å². The Morgan fingerprint density at radius 1 is 1.21 bits per heavy atom. The molecule has 0 aromatic heterocycles. The van der Waals surface area contributed by atoms with Gasteiger partial charge in [0.25, 0.3) is 0 Å². The maximum Gasteiger partial charge on any atom is 0.330 e. The lowest BCUT2D eigenvalue weighted by molar-refractivity contribution is -0.206. The maximum atomic E-state index is 12.2. The van der Waals surface area contributed by atoms with Crippen LogP contribution in [0, 0.1) is 5.41 Å². The number of nitrogens with zero attached hydrogens (tertiary/aromatic N) is 1. The Morgan fingerprint density at radius 3 is 2.33 bits per heavy atom. The summed E-state index contributed by atoms with van der Waals surface area (Å²) in [6, 6.07) is 7.43. The molecular formula is C18H26N2O4. The fourth-order valence-electron chi connectivity index (χ4n) is 2.81. The number of rotatable bonds is 4. The average Bonchev–Trinajstić information content (AvgIpc) is 2.54. The molecule has 2 rings (SSSR count). The second kappa shape index (κ2) is 6.81. The highest BCUT2D eigenvalue weighted by atomic mass is 16.7. The molecule has 0 radical (unpaired) electrons. The Hall–Kier alpha value is -2.08. The monoisotopic (exact) mass is 334 g/mol. The van der Waals surface area contributed by atoms with Gasteiger partial charge in [0, 0.05) is 13.1 Å². The van der Waals surface area contributed by atoms with Crippen LogP contribution in [0.2, 0.25) is 0 Å².